The number of nitrogens with one attached hydrogen (secondary N) is 3. The molecule has 1 aliphatic rings. The van der Waals surface area contributed by atoms with Crippen LogP contribution in [0.25, 0.3) is 22.5 Å². The molecule has 0 aliphatic heterocycles. The molecule has 37 heavy (non-hydrogen) atoms. The summed E-state index contributed by atoms with van der Waals surface area (Å²) in [4.78, 5) is 22.0. The second kappa shape index (κ2) is 9.87. The van der Waals surface area contributed by atoms with Gasteiger partial charge in [-0.25, -0.2) is 14.8 Å². The van der Waals surface area contributed by atoms with Crippen LogP contribution >= 0.6 is 0 Å². The molecule has 0 spiro atoms. The van der Waals surface area contributed by atoms with Crippen LogP contribution in [0.3, 0.4) is 0 Å². The summed E-state index contributed by atoms with van der Waals surface area (Å²) in [5.74, 6) is 0.812. The van der Waals surface area contributed by atoms with Gasteiger partial charge in [0.05, 0.1) is 22.8 Å². The van der Waals surface area contributed by atoms with Crippen molar-refractivity contribution in [2.75, 3.05) is 16.0 Å². The molecule has 0 atom stereocenters. The number of carbonyl (C=O) groups is 1. The second-order valence-corrected chi connectivity index (χ2v) is 8.64. The number of anilines is 4. The van der Waals surface area contributed by atoms with Gasteiger partial charge in [0.15, 0.2) is 5.82 Å². The molecule has 2 amide bonds. The largest absolute Gasteiger partial charge is 0.324 e. The predicted octanol–water partition coefficient (Wildman–Crippen LogP) is 6.09. The number of rotatable bonds is 5. The van der Waals surface area contributed by atoms with E-state index in [-0.39, 0.29) is 0 Å². The van der Waals surface area contributed by atoms with Crippen molar-refractivity contribution >= 4 is 29.2 Å². The van der Waals surface area contributed by atoms with E-state index in [0.29, 0.717) is 23.1 Å². The van der Waals surface area contributed by atoms with E-state index in [9.17, 15) is 4.79 Å². The lowest BCUT2D eigenvalue weighted by molar-refractivity contribution is 0.262. The van der Waals surface area contributed by atoms with Crippen LogP contribution in [0.1, 0.15) is 11.1 Å². The fourth-order valence-electron chi connectivity index (χ4n) is 4.38. The molecule has 1 aliphatic carbocycles. The minimum atomic E-state index is -0.434. The molecule has 3 aromatic carbocycles. The van der Waals surface area contributed by atoms with E-state index in [4.69, 9.17) is 4.98 Å². The van der Waals surface area contributed by atoms with Gasteiger partial charge in [-0.1, -0.05) is 66.7 Å². The standard InChI is InChI=1S/C29H23N7O/c37-29(33-26-17-16-23(35-36-26)20-9-2-1-3-10-20)32-25-13-7-6-12-24(25)31-28-30-18-21-15-14-19-8-4-5-11-22(19)27(21)34-28/h1-13,16-18H,14-15H2,(H,30,31,34)(H2,32,33,36,37). The van der Waals surface area contributed by atoms with Crippen LogP contribution in [0.15, 0.2) is 97.2 Å². The summed E-state index contributed by atoms with van der Waals surface area (Å²) < 4.78 is 0. The number of hydrogen-bond acceptors (Lipinski definition) is 6. The summed E-state index contributed by atoms with van der Waals surface area (Å²) in [5, 5.41) is 17.2. The van der Waals surface area contributed by atoms with Gasteiger partial charge in [-0.2, -0.15) is 0 Å². The van der Waals surface area contributed by atoms with E-state index >= 15 is 0 Å². The minimum absolute atomic E-state index is 0.347. The Bertz CT molecular complexity index is 1570. The second-order valence-electron chi connectivity index (χ2n) is 8.64. The number of fused-ring (bicyclic) bond motifs is 3. The van der Waals surface area contributed by atoms with Gasteiger partial charge in [0, 0.05) is 17.3 Å². The molecular formula is C29H23N7O. The Hall–Kier alpha value is -5.11. The fourth-order valence-corrected chi connectivity index (χ4v) is 4.38. The van der Waals surface area contributed by atoms with Gasteiger partial charge >= 0.3 is 6.03 Å². The Morgan fingerprint density at radius 1 is 0.703 bits per heavy atom. The van der Waals surface area contributed by atoms with Gasteiger partial charge in [0.1, 0.15) is 0 Å². The molecule has 5 aromatic rings. The molecule has 6 rings (SSSR count). The average Bonchev–Trinajstić information content (AvgIpc) is 2.95. The Morgan fingerprint density at radius 2 is 1.46 bits per heavy atom. The summed E-state index contributed by atoms with van der Waals surface area (Å²) in [6, 6.07) is 28.6. The van der Waals surface area contributed by atoms with E-state index in [2.05, 4.69) is 49.3 Å². The molecule has 8 nitrogen and oxygen atoms in total. The highest BCUT2D eigenvalue weighted by Crippen LogP contribution is 2.33. The zero-order chi connectivity index (χ0) is 25.0. The molecule has 3 N–H and O–H groups in total. The summed E-state index contributed by atoms with van der Waals surface area (Å²) >= 11 is 0. The van der Waals surface area contributed by atoms with Crippen molar-refractivity contribution in [1.82, 2.24) is 20.2 Å². The lowest BCUT2D eigenvalue weighted by Crippen LogP contribution is -2.21. The van der Waals surface area contributed by atoms with Crippen LogP contribution < -0.4 is 16.0 Å². The molecule has 0 bridgehead atoms. The van der Waals surface area contributed by atoms with Crippen LogP contribution in [0.2, 0.25) is 0 Å². The third-order valence-corrected chi connectivity index (χ3v) is 6.20. The Morgan fingerprint density at radius 3 is 2.30 bits per heavy atom. The van der Waals surface area contributed by atoms with Gasteiger partial charge in [-0.3, -0.25) is 5.32 Å². The first-order valence-electron chi connectivity index (χ1n) is 12.0. The molecular weight excluding hydrogens is 462 g/mol. The van der Waals surface area contributed by atoms with E-state index in [0.717, 1.165) is 40.9 Å². The van der Waals surface area contributed by atoms with Crippen LogP contribution in [-0.4, -0.2) is 26.2 Å². The van der Waals surface area contributed by atoms with Gasteiger partial charge in [0.25, 0.3) is 0 Å². The number of carbonyl (C=O) groups excluding carboxylic acids is 1. The number of aromatic nitrogens is 4. The summed E-state index contributed by atoms with van der Waals surface area (Å²) in [7, 11) is 0. The van der Waals surface area contributed by atoms with Crippen molar-refractivity contribution in [2.45, 2.75) is 12.8 Å². The van der Waals surface area contributed by atoms with E-state index < -0.39 is 6.03 Å². The molecule has 2 aromatic heterocycles. The predicted molar refractivity (Wildman–Crippen MR) is 145 cm³/mol. The topological polar surface area (TPSA) is 105 Å². The first kappa shape index (κ1) is 22.4. The average molecular weight is 486 g/mol. The molecule has 0 fully saturated rings. The number of urea groups is 1. The summed E-state index contributed by atoms with van der Waals surface area (Å²) in [6.07, 6.45) is 3.78. The first-order valence-corrected chi connectivity index (χ1v) is 12.0. The van der Waals surface area contributed by atoms with Crippen LogP contribution in [-0.2, 0) is 12.8 Å². The third-order valence-electron chi connectivity index (χ3n) is 6.20. The van der Waals surface area contributed by atoms with Gasteiger partial charge in [0.2, 0.25) is 5.95 Å². The van der Waals surface area contributed by atoms with E-state index in [1.165, 1.54) is 5.56 Å². The lowest BCUT2D eigenvalue weighted by atomic mass is 9.90. The van der Waals surface area contributed by atoms with Crippen molar-refractivity contribution in [3.05, 3.63) is 108 Å². The molecule has 0 radical (unpaired) electrons. The smallest absolute Gasteiger partial charge is 0.322 e. The van der Waals surface area contributed by atoms with Crippen molar-refractivity contribution < 1.29 is 4.79 Å². The molecule has 0 unspecified atom stereocenters. The number of benzene rings is 3. The summed E-state index contributed by atoms with van der Waals surface area (Å²) in [6.45, 7) is 0. The minimum Gasteiger partial charge on any atom is -0.322 e. The summed E-state index contributed by atoms with van der Waals surface area (Å²) in [5.41, 5.74) is 7.45. The molecule has 8 heteroatoms. The molecule has 0 saturated heterocycles. The molecule has 2 heterocycles. The van der Waals surface area contributed by atoms with Gasteiger partial charge in [-0.05, 0) is 48.2 Å². The highest BCUT2D eigenvalue weighted by molar-refractivity contribution is 6.01. The normalized spacial score (nSPS) is 11.7. The zero-order valence-corrected chi connectivity index (χ0v) is 19.8. The highest BCUT2D eigenvalue weighted by atomic mass is 16.2. The SMILES string of the molecule is O=C(Nc1ccc(-c2ccccc2)nn1)Nc1ccccc1Nc1ncc2c(n1)-c1ccccc1CC2. The van der Waals surface area contributed by atoms with Crippen LogP contribution in [0, 0.1) is 0 Å². The van der Waals surface area contributed by atoms with Gasteiger partial charge in [-0.15, -0.1) is 10.2 Å². The number of hydrogen-bond donors (Lipinski definition) is 3. The number of aryl methyl sites for hydroxylation is 2. The number of amides is 2. The monoisotopic (exact) mass is 485 g/mol. The zero-order valence-electron chi connectivity index (χ0n) is 19.8. The maximum Gasteiger partial charge on any atom is 0.324 e. The number of para-hydroxylation sites is 2. The van der Waals surface area contributed by atoms with Crippen LogP contribution in [0.5, 0.6) is 0 Å². The first-order chi connectivity index (χ1) is 18.2. The van der Waals surface area contributed by atoms with Crippen LogP contribution in [0.4, 0.5) is 27.9 Å². The quantitative estimate of drug-likeness (QED) is 0.278. The molecule has 180 valence electrons. The maximum absolute atomic E-state index is 12.7. The van der Waals surface area contributed by atoms with Gasteiger partial charge < -0.3 is 10.6 Å². The highest BCUT2D eigenvalue weighted by Gasteiger charge is 2.18. The fraction of sp³-hybridized carbons (Fsp3) is 0.0690. The van der Waals surface area contributed by atoms with Crippen molar-refractivity contribution in [3.63, 3.8) is 0 Å². The van der Waals surface area contributed by atoms with E-state index in [1.807, 2.05) is 66.9 Å². The maximum atomic E-state index is 12.7. The Labute approximate surface area is 213 Å². The van der Waals surface area contributed by atoms with E-state index in [1.54, 1.807) is 12.1 Å². The Kier molecular flexibility index (Phi) is 5.96. The number of nitrogens with zero attached hydrogens (tertiary/aromatic N) is 4. The van der Waals surface area contributed by atoms with Crippen molar-refractivity contribution in [1.29, 1.82) is 0 Å². The van der Waals surface area contributed by atoms with Crippen molar-refractivity contribution in [3.8, 4) is 22.5 Å². The molecule has 0 saturated carbocycles. The third kappa shape index (κ3) is 4.85. The van der Waals surface area contributed by atoms with Crippen molar-refractivity contribution in [2.24, 2.45) is 0 Å². The lowest BCUT2D eigenvalue weighted by Gasteiger charge is -2.19. The Balaban J connectivity index is 1.17.